The van der Waals surface area contributed by atoms with Crippen LogP contribution in [0.25, 0.3) is 0 Å². The zero-order chi connectivity index (χ0) is 18.3. The van der Waals surface area contributed by atoms with Crippen molar-refractivity contribution in [1.82, 2.24) is 15.5 Å². The molecule has 0 aliphatic heterocycles. The number of halogens is 2. The predicted molar refractivity (Wildman–Crippen MR) is 91.8 cm³/mol. The Kier molecular flexibility index (Phi) is 7.61. The number of amides is 1. The Balaban J connectivity index is 2.87. The lowest BCUT2D eigenvalue weighted by Gasteiger charge is -2.22. The third kappa shape index (κ3) is 6.14. The summed E-state index contributed by atoms with van der Waals surface area (Å²) in [6.45, 7) is 5.84. The van der Waals surface area contributed by atoms with Gasteiger partial charge in [-0.25, -0.2) is 13.8 Å². The topological polar surface area (TPSA) is 56.7 Å². The van der Waals surface area contributed by atoms with Crippen LogP contribution in [-0.4, -0.2) is 43.4 Å². The second-order valence-corrected chi connectivity index (χ2v) is 5.95. The maximum atomic E-state index is 13.4. The molecular weight excluding hydrogens is 314 g/mol. The second kappa shape index (κ2) is 9.20. The van der Waals surface area contributed by atoms with Crippen LogP contribution in [0.3, 0.4) is 0 Å². The van der Waals surface area contributed by atoms with Crippen molar-refractivity contribution >= 4 is 11.9 Å². The van der Waals surface area contributed by atoms with Gasteiger partial charge in [0.1, 0.15) is 6.54 Å². The number of hydrogen-bond donors (Lipinski definition) is 2. The van der Waals surface area contributed by atoms with Gasteiger partial charge >= 0.3 is 0 Å². The van der Waals surface area contributed by atoms with Gasteiger partial charge in [0, 0.05) is 20.1 Å². The van der Waals surface area contributed by atoms with Crippen LogP contribution >= 0.6 is 0 Å². The summed E-state index contributed by atoms with van der Waals surface area (Å²) in [5.74, 6) is -1.44. The molecule has 2 unspecified atom stereocenters. The molecule has 1 amide bonds. The van der Waals surface area contributed by atoms with Crippen molar-refractivity contribution in [3.8, 4) is 0 Å². The molecule has 2 atom stereocenters. The summed E-state index contributed by atoms with van der Waals surface area (Å²) in [5.41, 5.74) is 0.589. The van der Waals surface area contributed by atoms with E-state index in [2.05, 4.69) is 15.6 Å². The largest absolute Gasteiger partial charge is 0.354 e. The Hall–Kier alpha value is -2.18. The monoisotopic (exact) mass is 340 g/mol. The molecule has 0 saturated heterocycles. The van der Waals surface area contributed by atoms with E-state index in [0.29, 0.717) is 11.5 Å². The molecular formula is C17H26F2N4O. The normalized spacial score (nSPS) is 14.0. The van der Waals surface area contributed by atoms with Crippen molar-refractivity contribution in [3.05, 3.63) is 35.4 Å². The highest BCUT2D eigenvalue weighted by atomic mass is 19.2. The molecule has 0 aromatic heterocycles. The summed E-state index contributed by atoms with van der Waals surface area (Å²) in [4.78, 5) is 17.4. The number of likely N-dealkylation sites (N-methyl/N-ethyl adjacent to an activating group) is 1. The van der Waals surface area contributed by atoms with E-state index in [0.717, 1.165) is 18.6 Å². The fraction of sp³-hybridized carbons (Fsp3) is 0.529. The summed E-state index contributed by atoms with van der Waals surface area (Å²) in [7, 11) is 3.33. The first kappa shape index (κ1) is 19.9. The van der Waals surface area contributed by atoms with Crippen molar-refractivity contribution in [1.29, 1.82) is 0 Å². The number of nitrogens with one attached hydrogen (secondary N) is 2. The smallest absolute Gasteiger partial charge is 0.243 e. The van der Waals surface area contributed by atoms with Gasteiger partial charge in [0.15, 0.2) is 17.6 Å². The molecule has 5 nitrogen and oxygen atoms in total. The number of rotatable bonds is 6. The standard InChI is InChI=1S/C17H26F2N4O/c1-6-11(2)21-17(20-10-16(24)23(4)5)22-12(3)13-7-8-14(18)15(19)9-13/h7-9,11-12H,6,10H2,1-5H3,(H2,20,21,22). The lowest BCUT2D eigenvalue weighted by molar-refractivity contribution is -0.127. The fourth-order valence-electron chi connectivity index (χ4n) is 1.83. The van der Waals surface area contributed by atoms with E-state index in [-0.39, 0.29) is 24.5 Å². The molecule has 24 heavy (non-hydrogen) atoms. The Bertz CT molecular complexity index is 590. The Morgan fingerprint density at radius 3 is 2.42 bits per heavy atom. The highest BCUT2D eigenvalue weighted by Crippen LogP contribution is 2.15. The zero-order valence-corrected chi connectivity index (χ0v) is 14.9. The molecule has 7 heteroatoms. The van der Waals surface area contributed by atoms with Crippen molar-refractivity contribution in [2.24, 2.45) is 4.99 Å². The van der Waals surface area contributed by atoms with Gasteiger partial charge in [0.25, 0.3) is 0 Å². The van der Waals surface area contributed by atoms with E-state index >= 15 is 0 Å². The fourth-order valence-corrected chi connectivity index (χ4v) is 1.83. The maximum Gasteiger partial charge on any atom is 0.243 e. The first-order valence-corrected chi connectivity index (χ1v) is 7.97. The second-order valence-electron chi connectivity index (χ2n) is 5.95. The van der Waals surface area contributed by atoms with Crippen LogP contribution in [0.2, 0.25) is 0 Å². The average Bonchev–Trinajstić information content (AvgIpc) is 2.54. The molecule has 0 saturated carbocycles. The number of nitrogens with zero attached hydrogens (tertiary/aromatic N) is 2. The van der Waals surface area contributed by atoms with Crippen molar-refractivity contribution in [2.75, 3.05) is 20.6 Å². The first-order valence-electron chi connectivity index (χ1n) is 7.97. The molecule has 0 spiro atoms. The van der Waals surface area contributed by atoms with Gasteiger partial charge < -0.3 is 15.5 Å². The molecule has 1 rings (SSSR count). The lowest BCUT2D eigenvalue weighted by Crippen LogP contribution is -2.43. The van der Waals surface area contributed by atoms with Gasteiger partial charge in [-0.15, -0.1) is 0 Å². The van der Waals surface area contributed by atoms with Crippen LogP contribution in [0.4, 0.5) is 8.78 Å². The minimum absolute atomic E-state index is 0.00324. The summed E-state index contributed by atoms with van der Waals surface area (Å²) >= 11 is 0. The summed E-state index contributed by atoms with van der Waals surface area (Å²) < 4.78 is 26.4. The number of guanidine groups is 1. The number of benzene rings is 1. The Labute approximate surface area is 142 Å². The lowest BCUT2D eigenvalue weighted by atomic mass is 10.1. The van der Waals surface area contributed by atoms with Gasteiger partial charge in [0.05, 0.1) is 6.04 Å². The maximum absolute atomic E-state index is 13.4. The van der Waals surface area contributed by atoms with E-state index < -0.39 is 11.6 Å². The third-order valence-corrected chi connectivity index (χ3v) is 3.66. The highest BCUT2D eigenvalue weighted by Gasteiger charge is 2.13. The van der Waals surface area contributed by atoms with E-state index in [1.807, 2.05) is 20.8 Å². The van der Waals surface area contributed by atoms with Gasteiger partial charge in [0.2, 0.25) is 5.91 Å². The first-order chi connectivity index (χ1) is 11.2. The summed E-state index contributed by atoms with van der Waals surface area (Å²) in [5, 5.41) is 6.31. The molecule has 2 N–H and O–H groups in total. The van der Waals surface area contributed by atoms with E-state index in [1.165, 1.54) is 11.0 Å². The van der Waals surface area contributed by atoms with Gasteiger partial charge in [-0.3, -0.25) is 4.79 Å². The van der Waals surface area contributed by atoms with Crippen LogP contribution in [-0.2, 0) is 4.79 Å². The molecule has 0 aliphatic rings. The molecule has 0 radical (unpaired) electrons. The summed E-state index contributed by atoms with van der Waals surface area (Å²) in [6.07, 6.45) is 0.877. The highest BCUT2D eigenvalue weighted by molar-refractivity contribution is 5.85. The van der Waals surface area contributed by atoms with Gasteiger partial charge in [-0.1, -0.05) is 13.0 Å². The zero-order valence-electron chi connectivity index (χ0n) is 14.9. The van der Waals surface area contributed by atoms with Crippen LogP contribution in [0.1, 0.15) is 38.8 Å². The molecule has 0 fully saturated rings. The number of carbonyl (C=O) groups excluding carboxylic acids is 1. The molecule has 1 aromatic carbocycles. The Morgan fingerprint density at radius 2 is 1.88 bits per heavy atom. The third-order valence-electron chi connectivity index (χ3n) is 3.66. The molecule has 1 aromatic rings. The minimum atomic E-state index is -0.891. The van der Waals surface area contributed by atoms with E-state index in [9.17, 15) is 13.6 Å². The van der Waals surface area contributed by atoms with Crippen LogP contribution < -0.4 is 10.6 Å². The van der Waals surface area contributed by atoms with Crippen molar-refractivity contribution in [2.45, 2.75) is 39.3 Å². The molecule has 0 heterocycles. The molecule has 0 bridgehead atoms. The average molecular weight is 340 g/mol. The van der Waals surface area contributed by atoms with E-state index in [1.54, 1.807) is 14.1 Å². The van der Waals surface area contributed by atoms with Gasteiger partial charge in [-0.2, -0.15) is 0 Å². The van der Waals surface area contributed by atoms with Crippen molar-refractivity contribution in [3.63, 3.8) is 0 Å². The van der Waals surface area contributed by atoms with Gasteiger partial charge in [-0.05, 0) is 38.0 Å². The SMILES string of the molecule is CCC(C)NC(=NCC(=O)N(C)C)NC(C)c1ccc(F)c(F)c1. The summed E-state index contributed by atoms with van der Waals surface area (Å²) in [6, 6.07) is 3.62. The van der Waals surface area contributed by atoms with Crippen LogP contribution in [0.15, 0.2) is 23.2 Å². The van der Waals surface area contributed by atoms with E-state index in [4.69, 9.17) is 0 Å². The van der Waals surface area contributed by atoms with Crippen molar-refractivity contribution < 1.29 is 13.6 Å². The number of hydrogen-bond acceptors (Lipinski definition) is 2. The minimum Gasteiger partial charge on any atom is -0.354 e. The number of aliphatic imine (C=N–C) groups is 1. The number of carbonyl (C=O) groups is 1. The quantitative estimate of drug-likeness (QED) is 0.618. The molecule has 0 aliphatic carbocycles. The predicted octanol–water partition coefficient (Wildman–Crippen LogP) is 2.45. The molecule has 134 valence electrons. The Morgan fingerprint density at radius 1 is 1.21 bits per heavy atom. The van der Waals surface area contributed by atoms with Crippen LogP contribution in [0.5, 0.6) is 0 Å². The van der Waals surface area contributed by atoms with Crippen LogP contribution in [0, 0.1) is 11.6 Å².